The van der Waals surface area contributed by atoms with Crippen molar-refractivity contribution in [2.45, 2.75) is 19.3 Å². The molecule has 33 heavy (non-hydrogen) atoms. The number of ether oxygens (including phenoxy) is 1. The number of benzene rings is 2. The second-order valence-corrected chi connectivity index (χ2v) is 8.69. The average Bonchev–Trinajstić information content (AvgIpc) is 3.32. The van der Waals surface area contributed by atoms with Crippen molar-refractivity contribution >= 4 is 18.0 Å². The third-order valence-electron chi connectivity index (χ3n) is 6.48. The summed E-state index contributed by atoms with van der Waals surface area (Å²) in [7, 11) is 0. The maximum Gasteiger partial charge on any atom is 0.407 e. The fourth-order valence-corrected chi connectivity index (χ4v) is 4.76. The molecule has 1 aliphatic carbocycles. The summed E-state index contributed by atoms with van der Waals surface area (Å²) in [5, 5.41) is 11.6. The number of rotatable bonds is 7. The van der Waals surface area contributed by atoms with Crippen LogP contribution >= 0.6 is 0 Å². The van der Waals surface area contributed by atoms with Crippen molar-refractivity contribution in [1.82, 2.24) is 10.2 Å². The van der Waals surface area contributed by atoms with E-state index in [1.165, 1.54) is 17.2 Å². The number of aliphatic carboxylic acids is 1. The third kappa shape index (κ3) is 5.08. The Bertz CT molecular complexity index is 1030. The zero-order valence-corrected chi connectivity index (χ0v) is 18.6. The van der Waals surface area contributed by atoms with E-state index in [4.69, 9.17) is 9.84 Å². The topological polar surface area (TPSA) is 95.9 Å². The van der Waals surface area contributed by atoms with Crippen LogP contribution in [0.4, 0.5) is 4.79 Å². The number of nitrogens with one attached hydrogen (secondary N) is 1. The first kappa shape index (κ1) is 22.6. The average molecular weight is 449 g/mol. The van der Waals surface area contributed by atoms with E-state index in [1.807, 2.05) is 31.2 Å². The van der Waals surface area contributed by atoms with E-state index in [2.05, 4.69) is 29.6 Å². The molecular formula is C26H28N2O5. The molecule has 1 fully saturated rings. The van der Waals surface area contributed by atoms with Gasteiger partial charge >= 0.3 is 12.1 Å². The van der Waals surface area contributed by atoms with E-state index in [9.17, 15) is 14.4 Å². The van der Waals surface area contributed by atoms with Gasteiger partial charge in [-0.15, -0.1) is 0 Å². The lowest BCUT2D eigenvalue weighted by Gasteiger charge is -2.14. The number of carbonyl (C=O) groups is 3. The van der Waals surface area contributed by atoms with E-state index < -0.39 is 12.1 Å². The Balaban J connectivity index is 1.24. The van der Waals surface area contributed by atoms with Gasteiger partial charge in [-0.2, -0.15) is 0 Å². The summed E-state index contributed by atoms with van der Waals surface area (Å²) in [6.45, 7) is 3.35. The molecule has 2 amide bonds. The molecule has 1 heterocycles. The minimum absolute atomic E-state index is 0.00354. The Labute approximate surface area is 193 Å². The number of amides is 2. The highest BCUT2D eigenvalue weighted by Gasteiger charge is 2.33. The van der Waals surface area contributed by atoms with Crippen molar-refractivity contribution < 1.29 is 24.2 Å². The standard InChI is InChI=1S/C26H28N2O5/c1-17-14-28(15-18(17)13-25(30)31)24(29)11-6-12-27-26(32)33-16-23-21-9-4-2-7-19(21)20-8-3-5-10-22(20)23/h2-11,17-18,23H,12-16H2,1H3,(H,27,32)(H,30,31)/b11-6+/t17-,18-/m1/s1. The summed E-state index contributed by atoms with van der Waals surface area (Å²) >= 11 is 0. The smallest absolute Gasteiger partial charge is 0.407 e. The van der Waals surface area contributed by atoms with E-state index >= 15 is 0 Å². The molecule has 2 N–H and O–H groups in total. The van der Waals surface area contributed by atoms with Crippen molar-refractivity contribution in [3.05, 3.63) is 71.8 Å². The van der Waals surface area contributed by atoms with Gasteiger partial charge in [-0.3, -0.25) is 9.59 Å². The fourth-order valence-electron chi connectivity index (χ4n) is 4.76. The summed E-state index contributed by atoms with van der Waals surface area (Å²) < 4.78 is 5.48. The molecule has 0 radical (unpaired) electrons. The van der Waals surface area contributed by atoms with Crippen molar-refractivity contribution in [3.63, 3.8) is 0 Å². The van der Waals surface area contributed by atoms with Crippen LogP contribution in [0.15, 0.2) is 60.7 Å². The van der Waals surface area contributed by atoms with Gasteiger partial charge in [0.1, 0.15) is 6.61 Å². The van der Waals surface area contributed by atoms with Crippen LogP contribution in [0.25, 0.3) is 11.1 Å². The molecule has 0 spiro atoms. The maximum atomic E-state index is 12.3. The lowest BCUT2D eigenvalue weighted by atomic mass is 9.95. The molecule has 0 bridgehead atoms. The number of carboxylic acids is 1. The number of hydrogen-bond acceptors (Lipinski definition) is 4. The van der Waals surface area contributed by atoms with Crippen molar-refractivity contribution in [2.75, 3.05) is 26.2 Å². The van der Waals surface area contributed by atoms with Gasteiger partial charge in [-0.25, -0.2) is 4.79 Å². The van der Waals surface area contributed by atoms with Gasteiger partial charge in [0.15, 0.2) is 0 Å². The van der Waals surface area contributed by atoms with Crippen LogP contribution in [0.1, 0.15) is 30.4 Å². The van der Waals surface area contributed by atoms with Crippen LogP contribution < -0.4 is 5.32 Å². The molecule has 4 rings (SSSR count). The molecule has 2 aromatic rings. The minimum Gasteiger partial charge on any atom is -0.481 e. The van der Waals surface area contributed by atoms with E-state index in [-0.39, 0.29) is 43.2 Å². The molecule has 2 atom stereocenters. The Morgan fingerprint density at radius 3 is 2.33 bits per heavy atom. The van der Waals surface area contributed by atoms with Gasteiger partial charge in [0.25, 0.3) is 0 Å². The first-order chi connectivity index (χ1) is 15.9. The predicted molar refractivity (Wildman–Crippen MR) is 124 cm³/mol. The highest BCUT2D eigenvalue weighted by molar-refractivity contribution is 5.88. The van der Waals surface area contributed by atoms with Gasteiger partial charge < -0.3 is 20.1 Å². The zero-order chi connectivity index (χ0) is 23.4. The lowest BCUT2D eigenvalue weighted by Crippen LogP contribution is -2.28. The van der Waals surface area contributed by atoms with Gasteiger partial charge in [-0.05, 0) is 34.1 Å². The number of nitrogens with zero attached hydrogens (tertiary/aromatic N) is 1. The predicted octanol–water partition coefficient (Wildman–Crippen LogP) is 3.65. The molecule has 0 saturated carbocycles. The summed E-state index contributed by atoms with van der Waals surface area (Å²) in [5.41, 5.74) is 4.65. The first-order valence-corrected chi connectivity index (χ1v) is 11.2. The molecule has 7 heteroatoms. The Morgan fingerprint density at radius 1 is 1.06 bits per heavy atom. The van der Waals surface area contributed by atoms with Crippen LogP contribution in [0.3, 0.4) is 0 Å². The summed E-state index contributed by atoms with van der Waals surface area (Å²) in [4.78, 5) is 37.1. The van der Waals surface area contributed by atoms with Gasteiger partial charge in [0, 0.05) is 31.6 Å². The Hall–Kier alpha value is -3.61. The second-order valence-electron chi connectivity index (χ2n) is 8.69. The summed E-state index contributed by atoms with van der Waals surface area (Å²) in [6, 6.07) is 16.3. The zero-order valence-electron chi connectivity index (χ0n) is 18.6. The van der Waals surface area contributed by atoms with Crippen LogP contribution in [-0.4, -0.2) is 54.2 Å². The molecule has 2 aliphatic rings. The van der Waals surface area contributed by atoms with Crippen LogP contribution in [0.2, 0.25) is 0 Å². The highest BCUT2D eigenvalue weighted by Crippen LogP contribution is 2.44. The van der Waals surface area contributed by atoms with Crippen molar-refractivity contribution in [3.8, 4) is 11.1 Å². The first-order valence-electron chi connectivity index (χ1n) is 11.2. The largest absolute Gasteiger partial charge is 0.481 e. The monoisotopic (exact) mass is 448 g/mol. The van der Waals surface area contributed by atoms with E-state index in [1.54, 1.807) is 11.0 Å². The number of fused-ring (bicyclic) bond motifs is 3. The third-order valence-corrected chi connectivity index (χ3v) is 6.48. The maximum absolute atomic E-state index is 12.3. The van der Waals surface area contributed by atoms with Crippen molar-refractivity contribution in [2.24, 2.45) is 11.8 Å². The summed E-state index contributed by atoms with van der Waals surface area (Å²) in [6.07, 6.45) is 2.53. The van der Waals surface area contributed by atoms with Crippen LogP contribution in [0, 0.1) is 11.8 Å². The van der Waals surface area contributed by atoms with Crippen LogP contribution in [0.5, 0.6) is 0 Å². The Morgan fingerprint density at radius 2 is 1.70 bits per heavy atom. The summed E-state index contributed by atoms with van der Waals surface area (Å²) in [5.74, 6) is -0.902. The molecule has 172 valence electrons. The van der Waals surface area contributed by atoms with Gasteiger partial charge in [0.05, 0.1) is 6.42 Å². The number of likely N-dealkylation sites (tertiary alicyclic amines) is 1. The number of hydrogen-bond donors (Lipinski definition) is 2. The molecule has 0 aromatic heterocycles. The molecule has 2 aromatic carbocycles. The highest BCUT2D eigenvalue weighted by atomic mass is 16.5. The SMILES string of the molecule is C[C@@H]1CN(C(=O)/C=C/CNC(=O)OCC2c3ccccc3-c3ccccc32)C[C@H]1CC(=O)O. The lowest BCUT2D eigenvalue weighted by molar-refractivity contribution is -0.138. The molecular weight excluding hydrogens is 420 g/mol. The molecule has 1 saturated heterocycles. The second kappa shape index (κ2) is 9.90. The molecule has 1 aliphatic heterocycles. The molecule has 7 nitrogen and oxygen atoms in total. The number of alkyl carbamates (subject to hydrolysis) is 1. The quantitative estimate of drug-likeness (QED) is 0.631. The minimum atomic E-state index is -0.844. The van der Waals surface area contributed by atoms with Gasteiger partial charge in [0.2, 0.25) is 5.91 Å². The van der Waals surface area contributed by atoms with Crippen LogP contribution in [-0.2, 0) is 14.3 Å². The van der Waals surface area contributed by atoms with E-state index in [0.717, 1.165) is 11.1 Å². The normalized spacial score (nSPS) is 19.4. The van der Waals surface area contributed by atoms with Gasteiger partial charge in [-0.1, -0.05) is 61.5 Å². The fraction of sp³-hybridized carbons (Fsp3) is 0.346. The van der Waals surface area contributed by atoms with E-state index in [0.29, 0.717) is 13.1 Å². The Kier molecular flexibility index (Phi) is 6.77. The number of carboxylic acid groups (broad SMARTS) is 1. The molecule has 0 unspecified atom stereocenters. The number of carbonyl (C=O) groups excluding carboxylic acids is 2. The van der Waals surface area contributed by atoms with Crippen molar-refractivity contribution in [1.29, 1.82) is 0 Å².